The molecule has 0 nitrogen and oxygen atoms in total. The lowest BCUT2D eigenvalue weighted by atomic mass is 9.57. The topological polar surface area (TPSA) is 0 Å². The fourth-order valence-corrected chi connectivity index (χ4v) is 6.30. The molecule has 0 saturated heterocycles. The zero-order chi connectivity index (χ0) is 20.7. The highest BCUT2D eigenvalue weighted by molar-refractivity contribution is 5.81. The van der Waals surface area contributed by atoms with Crippen molar-refractivity contribution >= 4 is 0 Å². The Morgan fingerprint density at radius 1 is 0.586 bits per heavy atom. The van der Waals surface area contributed by atoms with Crippen molar-refractivity contribution in [1.29, 1.82) is 0 Å². The number of benzene rings is 2. The van der Waals surface area contributed by atoms with Gasteiger partial charge >= 0.3 is 0 Å². The lowest BCUT2D eigenvalue weighted by molar-refractivity contribution is 0.178. The molecule has 1 aliphatic rings. The Labute approximate surface area is 180 Å². The highest BCUT2D eigenvalue weighted by Gasteiger charge is 2.51. The Balaban J connectivity index is 2.17. The normalized spacial score (nSPS) is 16.3. The minimum Gasteiger partial charge on any atom is -0.0654 e. The van der Waals surface area contributed by atoms with E-state index in [1.54, 1.807) is 11.1 Å². The molecule has 3 rings (SSSR count). The first-order chi connectivity index (χ1) is 14.2. The Morgan fingerprint density at radius 2 is 1.00 bits per heavy atom. The van der Waals surface area contributed by atoms with E-state index in [9.17, 15) is 0 Å². The second kappa shape index (κ2) is 10.5. The van der Waals surface area contributed by atoms with Crippen molar-refractivity contribution in [2.24, 2.45) is 11.8 Å². The van der Waals surface area contributed by atoms with Gasteiger partial charge < -0.3 is 0 Å². The van der Waals surface area contributed by atoms with Gasteiger partial charge in [0.05, 0.1) is 0 Å². The number of rotatable bonds is 12. The number of fused-ring (bicyclic) bond motifs is 3. The van der Waals surface area contributed by atoms with Gasteiger partial charge in [-0.25, -0.2) is 0 Å². The van der Waals surface area contributed by atoms with Crippen molar-refractivity contribution in [3.8, 4) is 11.1 Å². The number of hydrogen-bond acceptors (Lipinski definition) is 0. The summed E-state index contributed by atoms with van der Waals surface area (Å²) in [5.41, 5.74) is 6.47. The molecule has 0 heterocycles. The van der Waals surface area contributed by atoms with Crippen LogP contribution in [0.3, 0.4) is 0 Å². The average Bonchev–Trinajstić information content (AvgIpc) is 3.06. The average molecular weight is 391 g/mol. The number of unbranched alkanes of at least 4 members (excludes halogenated alkanes) is 4. The third-order valence-electron chi connectivity index (χ3n) is 7.62. The van der Waals surface area contributed by atoms with Crippen LogP contribution in [0.4, 0.5) is 0 Å². The fourth-order valence-electron chi connectivity index (χ4n) is 6.30. The lowest BCUT2D eigenvalue weighted by Crippen LogP contribution is -2.42. The van der Waals surface area contributed by atoms with Crippen LogP contribution in [0.15, 0.2) is 48.5 Å². The first kappa shape index (κ1) is 22.1. The molecule has 2 aromatic rings. The van der Waals surface area contributed by atoms with Crippen molar-refractivity contribution < 1.29 is 0 Å². The molecule has 2 aromatic carbocycles. The van der Waals surface area contributed by atoms with Crippen molar-refractivity contribution in [1.82, 2.24) is 0 Å². The molecular weight excluding hydrogens is 348 g/mol. The maximum atomic E-state index is 2.47. The summed E-state index contributed by atoms with van der Waals surface area (Å²) in [6, 6.07) is 18.8. The summed E-state index contributed by atoms with van der Waals surface area (Å²) in [5, 5.41) is 0. The Bertz CT molecular complexity index is 691. The van der Waals surface area contributed by atoms with Crippen molar-refractivity contribution in [3.63, 3.8) is 0 Å². The summed E-state index contributed by atoms with van der Waals surface area (Å²) in [5.74, 6) is 1.45. The van der Waals surface area contributed by atoms with Gasteiger partial charge in [0.1, 0.15) is 0 Å². The monoisotopic (exact) mass is 390 g/mol. The van der Waals surface area contributed by atoms with Gasteiger partial charge in [-0.05, 0) is 46.9 Å². The largest absolute Gasteiger partial charge is 0.0654 e. The number of hydrogen-bond donors (Lipinski definition) is 0. The standard InChI is InChI=1S/C29H42/c1-5-9-11-17-23(7-3)29(24(8-4)18-12-10-6-2)27-21-15-13-19-25(27)26-20-14-16-22-28(26)29/h13-16,19-24H,5-12,17-18H2,1-4H3. The summed E-state index contributed by atoms with van der Waals surface area (Å²) in [6.45, 7) is 9.55. The van der Waals surface area contributed by atoms with Crippen molar-refractivity contribution in [2.45, 2.75) is 97.3 Å². The molecule has 0 aliphatic heterocycles. The molecule has 0 heteroatoms. The SMILES string of the molecule is CCCCCC(CC)C1(C(CC)CCCCC)c2ccccc2-c2ccccc21. The highest BCUT2D eigenvalue weighted by Crippen LogP contribution is 2.59. The van der Waals surface area contributed by atoms with Crippen LogP contribution in [0.25, 0.3) is 11.1 Å². The molecule has 29 heavy (non-hydrogen) atoms. The van der Waals surface area contributed by atoms with Gasteiger partial charge in [-0.3, -0.25) is 0 Å². The molecular formula is C29H42. The van der Waals surface area contributed by atoms with Gasteiger partial charge in [0.25, 0.3) is 0 Å². The van der Waals surface area contributed by atoms with E-state index in [1.165, 1.54) is 75.3 Å². The molecule has 0 N–H and O–H groups in total. The molecule has 2 atom stereocenters. The highest BCUT2D eigenvalue weighted by atomic mass is 14.5. The van der Waals surface area contributed by atoms with E-state index < -0.39 is 0 Å². The van der Waals surface area contributed by atoms with Crippen LogP contribution in [-0.2, 0) is 5.41 Å². The molecule has 1 aliphatic carbocycles. The van der Waals surface area contributed by atoms with Crippen molar-refractivity contribution in [3.05, 3.63) is 59.7 Å². The predicted octanol–water partition coefficient (Wildman–Crippen LogP) is 9.17. The molecule has 0 fully saturated rings. The van der Waals surface area contributed by atoms with Gasteiger partial charge in [0.15, 0.2) is 0 Å². The van der Waals surface area contributed by atoms with Crippen molar-refractivity contribution in [2.75, 3.05) is 0 Å². The summed E-state index contributed by atoms with van der Waals surface area (Å²) in [4.78, 5) is 0. The predicted molar refractivity (Wildman–Crippen MR) is 129 cm³/mol. The van der Waals surface area contributed by atoms with E-state index in [4.69, 9.17) is 0 Å². The molecule has 2 unspecified atom stereocenters. The molecule has 0 aromatic heterocycles. The molecule has 158 valence electrons. The minimum absolute atomic E-state index is 0.193. The van der Waals surface area contributed by atoms with E-state index in [0.29, 0.717) is 0 Å². The van der Waals surface area contributed by atoms with Crippen LogP contribution in [0.2, 0.25) is 0 Å². The van der Waals surface area contributed by atoms with Gasteiger partial charge in [-0.15, -0.1) is 0 Å². The molecule has 0 saturated carbocycles. The van der Waals surface area contributed by atoms with Crippen LogP contribution in [0, 0.1) is 11.8 Å². The molecule has 0 spiro atoms. The molecule has 0 radical (unpaired) electrons. The Hall–Kier alpha value is -1.56. The fraction of sp³-hybridized carbons (Fsp3) is 0.586. The molecule has 0 amide bonds. The van der Waals surface area contributed by atoms with Gasteiger partial charge in [0.2, 0.25) is 0 Å². The second-order valence-electron chi connectivity index (χ2n) is 9.16. The van der Waals surface area contributed by atoms with Crippen LogP contribution in [-0.4, -0.2) is 0 Å². The van der Waals surface area contributed by atoms with E-state index >= 15 is 0 Å². The summed E-state index contributed by atoms with van der Waals surface area (Å²) < 4.78 is 0. The van der Waals surface area contributed by atoms with E-state index in [2.05, 4.69) is 76.2 Å². The van der Waals surface area contributed by atoms with Crippen LogP contribution < -0.4 is 0 Å². The third kappa shape index (κ3) is 4.05. The van der Waals surface area contributed by atoms with Gasteiger partial charge in [-0.1, -0.05) is 128 Å². The smallest absolute Gasteiger partial charge is 0.0271 e. The third-order valence-corrected chi connectivity index (χ3v) is 7.62. The first-order valence-corrected chi connectivity index (χ1v) is 12.4. The van der Waals surface area contributed by atoms with Crippen LogP contribution in [0.5, 0.6) is 0 Å². The lowest BCUT2D eigenvalue weighted by Gasteiger charge is -2.46. The Kier molecular flexibility index (Phi) is 7.99. The van der Waals surface area contributed by atoms with E-state index in [0.717, 1.165) is 11.8 Å². The van der Waals surface area contributed by atoms with Gasteiger partial charge in [-0.2, -0.15) is 0 Å². The zero-order valence-electron chi connectivity index (χ0n) is 19.3. The van der Waals surface area contributed by atoms with Crippen LogP contribution >= 0.6 is 0 Å². The first-order valence-electron chi connectivity index (χ1n) is 12.4. The van der Waals surface area contributed by atoms with Crippen LogP contribution in [0.1, 0.15) is 103 Å². The minimum atomic E-state index is 0.193. The summed E-state index contributed by atoms with van der Waals surface area (Å²) in [7, 11) is 0. The summed E-state index contributed by atoms with van der Waals surface area (Å²) >= 11 is 0. The van der Waals surface area contributed by atoms with Gasteiger partial charge in [0, 0.05) is 5.41 Å². The Morgan fingerprint density at radius 3 is 1.38 bits per heavy atom. The maximum absolute atomic E-state index is 2.47. The summed E-state index contributed by atoms with van der Waals surface area (Å²) in [6.07, 6.45) is 13.3. The molecule has 0 bridgehead atoms. The van der Waals surface area contributed by atoms with E-state index in [1.807, 2.05) is 0 Å². The maximum Gasteiger partial charge on any atom is 0.0271 e. The van der Waals surface area contributed by atoms with E-state index in [-0.39, 0.29) is 5.41 Å². The quantitative estimate of drug-likeness (QED) is 0.317. The second-order valence-corrected chi connectivity index (χ2v) is 9.16. The zero-order valence-corrected chi connectivity index (χ0v) is 19.3.